The highest BCUT2D eigenvalue weighted by Gasteiger charge is 2.39. The van der Waals surface area contributed by atoms with E-state index in [4.69, 9.17) is 11.6 Å². The third-order valence-corrected chi connectivity index (χ3v) is 4.13. The fourth-order valence-electron chi connectivity index (χ4n) is 2.10. The number of hydrogen-bond donors (Lipinski definition) is 1. The second-order valence-electron chi connectivity index (χ2n) is 4.99. The van der Waals surface area contributed by atoms with Crippen molar-refractivity contribution < 1.29 is 4.92 Å². The van der Waals surface area contributed by atoms with Crippen molar-refractivity contribution in [3.63, 3.8) is 0 Å². The highest BCUT2D eigenvalue weighted by molar-refractivity contribution is 6.31. The molecule has 1 saturated carbocycles. The second-order valence-corrected chi connectivity index (χ2v) is 5.40. The van der Waals surface area contributed by atoms with Crippen LogP contribution in [0.5, 0.6) is 0 Å². The number of nitro groups is 1. The van der Waals surface area contributed by atoms with Gasteiger partial charge in [0, 0.05) is 30.2 Å². The number of nitrogens with one attached hydrogen (secondary N) is 1. The van der Waals surface area contributed by atoms with Crippen LogP contribution in [0.4, 0.5) is 5.69 Å². The molecular weight excluding hydrogens is 252 g/mol. The molecule has 1 aliphatic carbocycles. The molecule has 0 atom stereocenters. The van der Waals surface area contributed by atoms with Gasteiger partial charge in [0.15, 0.2) is 0 Å². The van der Waals surface area contributed by atoms with Crippen molar-refractivity contribution in [3.05, 3.63) is 38.9 Å². The Kier molecular flexibility index (Phi) is 3.88. The quantitative estimate of drug-likeness (QED) is 0.634. The number of benzene rings is 1. The van der Waals surface area contributed by atoms with Crippen LogP contribution in [0.3, 0.4) is 0 Å². The molecule has 0 amide bonds. The summed E-state index contributed by atoms with van der Waals surface area (Å²) in [6.45, 7) is 3.75. The first kappa shape index (κ1) is 13.3. The van der Waals surface area contributed by atoms with E-state index in [1.54, 1.807) is 12.1 Å². The van der Waals surface area contributed by atoms with Gasteiger partial charge in [-0.05, 0) is 36.3 Å². The Morgan fingerprint density at radius 2 is 2.22 bits per heavy atom. The molecule has 4 nitrogen and oxygen atoms in total. The Bertz CT molecular complexity index is 458. The lowest BCUT2D eigenvalue weighted by atomic mass is 10.0. The molecule has 1 aliphatic rings. The van der Waals surface area contributed by atoms with Gasteiger partial charge in [-0.2, -0.15) is 0 Å². The number of non-ortho nitro benzene ring substituents is 1. The largest absolute Gasteiger partial charge is 0.312 e. The Balaban J connectivity index is 1.96. The second kappa shape index (κ2) is 5.24. The number of nitrogens with zero attached hydrogens (tertiary/aromatic N) is 1. The van der Waals surface area contributed by atoms with Gasteiger partial charge in [-0.1, -0.05) is 18.5 Å². The van der Waals surface area contributed by atoms with E-state index in [1.165, 1.54) is 25.3 Å². The number of halogens is 1. The van der Waals surface area contributed by atoms with E-state index < -0.39 is 4.92 Å². The first-order valence-electron chi connectivity index (χ1n) is 6.20. The summed E-state index contributed by atoms with van der Waals surface area (Å²) in [5.74, 6) is 0. The van der Waals surface area contributed by atoms with E-state index in [0.717, 1.165) is 12.1 Å². The molecule has 18 heavy (non-hydrogen) atoms. The maximum atomic E-state index is 10.7. The zero-order valence-electron chi connectivity index (χ0n) is 10.4. The van der Waals surface area contributed by atoms with Crippen LogP contribution < -0.4 is 5.32 Å². The smallest absolute Gasteiger partial charge is 0.269 e. The summed E-state index contributed by atoms with van der Waals surface area (Å²) in [6.07, 6.45) is 3.74. The fraction of sp³-hybridized carbons (Fsp3) is 0.538. The third kappa shape index (κ3) is 3.00. The molecule has 1 N–H and O–H groups in total. The predicted octanol–water partition coefficient (Wildman–Crippen LogP) is 3.53. The molecule has 0 saturated heterocycles. The Morgan fingerprint density at radius 1 is 1.50 bits per heavy atom. The van der Waals surface area contributed by atoms with Crippen LogP contribution in [0, 0.1) is 15.5 Å². The van der Waals surface area contributed by atoms with Crippen LogP contribution in [-0.2, 0) is 6.54 Å². The Hall–Kier alpha value is -1.13. The van der Waals surface area contributed by atoms with Gasteiger partial charge in [0.1, 0.15) is 0 Å². The average molecular weight is 269 g/mol. The van der Waals surface area contributed by atoms with Crippen molar-refractivity contribution in [2.75, 3.05) is 6.54 Å². The zero-order valence-corrected chi connectivity index (χ0v) is 11.2. The molecule has 0 unspecified atom stereocenters. The minimum atomic E-state index is -0.395. The highest BCUT2D eigenvalue weighted by Crippen LogP contribution is 2.47. The molecule has 0 spiro atoms. The first-order valence-corrected chi connectivity index (χ1v) is 6.58. The minimum Gasteiger partial charge on any atom is -0.312 e. The third-order valence-electron chi connectivity index (χ3n) is 3.76. The average Bonchev–Trinajstić information content (AvgIpc) is 3.12. The molecule has 0 aliphatic heterocycles. The summed E-state index contributed by atoms with van der Waals surface area (Å²) >= 11 is 6.04. The summed E-state index contributed by atoms with van der Waals surface area (Å²) in [6, 6.07) is 4.56. The molecule has 0 bridgehead atoms. The summed E-state index contributed by atoms with van der Waals surface area (Å²) < 4.78 is 0. The van der Waals surface area contributed by atoms with Crippen LogP contribution in [-0.4, -0.2) is 11.5 Å². The minimum absolute atomic E-state index is 0.0906. The van der Waals surface area contributed by atoms with Crippen LogP contribution in [0.25, 0.3) is 0 Å². The summed E-state index contributed by atoms with van der Waals surface area (Å²) in [7, 11) is 0. The van der Waals surface area contributed by atoms with Crippen LogP contribution in [0.15, 0.2) is 18.2 Å². The summed E-state index contributed by atoms with van der Waals surface area (Å²) in [4.78, 5) is 10.3. The van der Waals surface area contributed by atoms with E-state index in [9.17, 15) is 10.1 Å². The van der Waals surface area contributed by atoms with Crippen LogP contribution >= 0.6 is 11.6 Å². The van der Waals surface area contributed by atoms with Gasteiger partial charge in [0.25, 0.3) is 5.69 Å². The van der Waals surface area contributed by atoms with Gasteiger partial charge in [-0.3, -0.25) is 10.1 Å². The van der Waals surface area contributed by atoms with Crippen molar-refractivity contribution in [1.82, 2.24) is 5.32 Å². The van der Waals surface area contributed by atoms with Gasteiger partial charge in [0.2, 0.25) is 0 Å². The molecule has 1 aromatic carbocycles. The van der Waals surface area contributed by atoms with E-state index in [0.29, 0.717) is 17.0 Å². The Labute approximate surface area is 111 Å². The Morgan fingerprint density at radius 3 is 2.78 bits per heavy atom. The van der Waals surface area contributed by atoms with Gasteiger partial charge < -0.3 is 5.32 Å². The highest BCUT2D eigenvalue weighted by atomic mass is 35.5. The lowest BCUT2D eigenvalue weighted by Gasteiger charge is -2.13. The molecule has 1 aromatic rings. The van der Waals surface area contributed by atoms with E-state index >= 15 is 0 Å². The maximum Gasteiger partial charge on any atom is 0.269 e. The van der Waals surface area contributed by atoms with Crippen molar-refractivity contribution in [2.45, 2.75) is 32.7 Å². The number of hydrogen-bond acceptors (Lipinski definition) is 3. The zero-order chi connectivity index (χ0) is 13.2. The lowest BCUT2D eigenvalue weighted by molar-refractivity contribution is -0.384. The normalized spacial score (nSPS) is 16.6. The molecular formula is C13H17ClN2O2. The maximum absolute atomic E-state index is 10.7. The molecule has 0 heterocycles. The molecule has 0 radical (unpaired) electrons. The topological polar surface area (TPSA) is 55.2 Å². The summed E-state index contributed by atoms with van der Waals surface area (Å²) in [5, 5.41) is 14.6. The number of rotatable bonds is 6. The van der Waals surface area contributed by atoms with Gasteiger partial charge in [-0.15, -0.1) is 0 Å². The van der Waals surface area contributed by atoms with Gasteiger partial charge >= 0.3 is 0 Å². The summed E-state index contributed by atoms with van der Waals surface area (Å²) in [5.41, 5.74) is 1.35. The monoisotopic (exact) mass is 268 g/mol. The SMILES string of the molecule is CCC1(CNCc2cc([N+](=O)[O-])ccc2Cl)CC1. The van der Waals surface area contributed by atoms with E-state index in [-0.39, 0.29) is 5.69 Å². The lowest BCUT2D eigenvalue weighted by Crippen LogP contribution is -2.23. The van der Waals surface area contributed by atoms with Gasteiger partial charge in [0.05, 0.1) is 4.92 Å². The van der Waals surface area contributed by atoms with Crippen molar-refractivity contribution in [2.24, 2.45) is 5.41 Å². The molecule has 98 valence electrons. The van der Waals surface area contributed by atoms with E-state index in [1.807, 2.05) is 0 Å². The molecule has 5 heteroatoms. The molecule has 1 fully saturated rings. The fourth-order valence-corrected chi connectivity index (χ4v) is 2.29. The number of nitro benzene ring substituents is 1. The molecule has 2 rings (SSSR count). The molecule has 0 aromatic heterocycles. The van der Waals surface area contributed by atoms with Crippen molar-refractivity contribution >= 4 is 17.3 Å². The van der Waals surface area contributed by atoms with Crippen molar-refractivity contribution in [1.29, 1.82) is 0 Å². The van der Waals surface area contributed by atoms with Crippen LogP contribution in [0.1, 0.15) is 31.7 Å². The first-order chi connectivity index (χ1) is 8.56. The van der Waals surface area contributed by atoms with E-state index in [2.05, 4.69) is 12.2 Å². The predicted molar refractivity (Wildman–Crippen MR) is 71.8 cm³/mol. The van der Waals surface area contributed by atoms with Crippen molar-refractivity contribution in [3.8, 4) is 0 Å². The van der Waals surface area contributed by atoms with Crippen LogP contribution in [0.2, 0.25) is 5.02 Å². The standard InChI is InChI=1S/C13H17ClN2O2/c1-2-13(5-6-13)9-15-8-10-7-11(16(17)18)3-4-12(10)14/h3-4,7,15H,2,5-6,8-9H2,1H3. The van der Waals surface area contributed by atoms with Gasteiger partial charge in [-0.25, -0.2) is 0 Å².